The molecule has 0 bridgehead atoms. The zero-order valence-corrected chi connectivity index (χ0v) is 17.4. The van der Waals surface area contributed by atoms with Crippen LogP contribution in [-0.2, 0) is 4.57 Å². The van der Waals surface area contributed by atoms with Crippen LogP contribution in [-0.4, -0.2) is 14.7 Å². The van der Waals surface area contributed by atoms with Gasteiger partial charge in [-0.1, -0.05) is 84.0 Å². The van der Waals surface area contributed by atoms with Gasteiger partial charge in [0.25, 0.3) is 0 Å². The fourth-order valence-electron chi connectivity index (χ4n) is 3.21. The van der Waals surface area contributed by atoms with Gasteiger partial charge in [0, 0.05) is 0 Å². The topological polar surface area (TPSA) is 77.8 Å². The lowest BCUT2D eigenvalue weighted by Gasteiger charge is -2.22. The Labute approximate surface area is 157 Å². The van der Waals surface area contributed by atoms with Crippen molar-refractivity contribution in [3.63, 3.8) is 0 Å². The molecule has 0 aliphatic carbocycles. The summed E-state index contributed by atoms with van der Waals surface area (Å²) < 4.78 is 8.88. The van der Waals surface area contributed by atoms with E-state index in [1.54, 1.807) is 0 Å². The Kier molecular flexibility index (Phi) is 8.23. The molecule has 4 nitrogen and oxygen atoms in total. The van der Waals surface area contributed by atoms with Crippen LogP contribution < -0.4 is 0 Å². The van der Waals surface area contributed by atoms with Crippen molar-refractivity contribution in [2.75, 3.05) is 0 Å². The summed E-state index contributed by atoms with van der Waals surface area (Å²) in [4.78, 5) is 21.6. The van der Waals surface area contributed by atoms with Crippen LogP contribution in [0.15, 0.2) is 42.5 Å². The highest BCUT2D eigenvalue weighted by Crippen LogP contribution is 2.38. The molecule has 3 N–H and O–H groups in total. The molecule has 144 valence electrons. The van der Waals surface area contributed by atoms with E-state index in [0.717, 1.165) is 0 Å². The molecule has 0 saturated heterocycles. The molecule has 0 aromatic heterocycles. The van der Waals surface area contributed by atoms with Crippen molar-refractivity contribution in [3.8, 4) is 11.1 Å². The standard InChI is InChI=1S/C21H28.H3O4P/c1-14(2)17-10-7-8-11-19(17)20-13-9-12-18(15(3)4)21(20)16(5)6;1-5(2,3)4/h7-16H,1-6H3;(H3,1,2,3,4). The second-order valence-electron chi connectivity index (χ2n) is 7.37. The summed E-state index contributed by atoms with van der Waals surface area (Å²) in [6, 6.07) is 15.7. The van der Waals surface area contributed by atoms with Gasteiger partial charge in [0.1, 0.15) is 0 Å². The Morgan fingerprint density at radius 1 is 0.654 bits per heavy atom. The van der Waals surface area contributed by atoms with Crippen LogP contribution in [0.4, 0.5) is 0 Å². The molecule has 0 heterocycles. The SMILES string of the molecule is CC(C)c1ccccc1-c1cccc(C(C)C)c1C(C)C.O=P(O)(O)O. The van der Waals surface area contributed by atoms with Gasteiger partial charge >= 0.3 is 7.82 Å². The number of rotatable bonds is 4. The second kappa shape index (κ2) is 9.48. The van der Waals surface area contributed by atoms with Crippen molar-refractivity contribution >= 4 is 7.82 Å². The van der Waals surface area contributed by atoms with Gasteiger partial charge < -0.3 is 14.7 Å². The number of benzene rings is 2. The maximum absolute atomic E-state index is 8.88. The van der Waals surface area contributed by atoms with E-state index < -0.39 is 7.82 Å². The van der Waals surface area contributed by atoms with Crippen LogP contribution in [0.3, 0.4) is 0 Å². The second-order valence-corrected chi connectivity index (χ2v) is 8.40. The average molecular weight is 378 g/mol. The van der Waals surface area contributed by atoms with Crippen molar-refractivity contribution in [1.29, 1.82) is 0 Å². The lowest BCUT2D eigenvalue weighted by atomic mass is 9.82. The minimum absolute atomic E-state index is 0.541. The molecule has 0 fully saturated rings. The molecule has 26 heavy (non-hydrogen) atoms. The molecule has 2 rings (SSSR count). The molecule has 0 unspecified atom stereocenters. The van der Waals surface area contributed by atoms with E-state index in [4.69, 9.17) is 19.2 Å². The lowest BCUT2D eigenvalue weighted by Crippen LogP contribution is -2.03. The van der Waals surface area contributed by atoms with Crippen molar-refractivity contribution in [2.24, 2.45) is 0 Å². The molecule has 2 aromatic rings. The first kappa shape index (κ1) is 22.6. The maximum Gasteiger partial charge on any atom is 0.466 e. The van der Waals surface area contributed by atoms with Gasteiger partial charge in [0.15, 0.2) is 0 Å². The molecule has 0 aliphatic rings. The van der Waals surface area contributed by atoms with Crippen LogP contribution in [0.2, 0.25) is 0 Å². The van der Waals surface area contributed by atoms with E-state index in [2.05, 4.69) is 84.0 Å². The average Bonchev–Trinajstić information content (AvgIpc) is 2.52. The van der Waals surface area contributed by atoms with Crippen molar-refractivity contribution in [2.45, 2.75) is 59.3 Å². The highest BCUT2D eigenvalue weighted by molar-refractivity contribution is 7.45. The van der Waals surface area contributed by atoms with E-state index >= 15 is 0 Å². The first-order valence-corrected chi connectivity index (χ1v) is 10.5. The van der Waals surface area contributed by atoms with Crippen LogP contribution >= 0.6 is 7.82 Å². The molecular weight excluding hydrogens is 347 g/mol. The van der Waals surface area contributed by atoms with E-state index in [0.29, 0.717) is 17.8 Å². The Morgan fingerprint density at radius 3 is 1.54 bits per heavy atom. The Morgan fingerprint density at radius 2 is 1.08 bits per heavy atom. The third-order valence-corrected chi connectivity index (χ3v) is 4.21. The molecular formula is C21H31O4P. The van der Waals surface area contributed by atoms with Crippen LogP contribution in [0, 0.1) is 0 Å². The zero-order chi connectivity index (χ0) is 20.1. The number of hydrogen-bond donors (Lipinski definition) is 3. The van der Waals surface area contributed by atoms with Gasteiger partial charge in [-0.3, -0.25) is 0 Å². The first-order valence-electron chi connectivity index (χ1n) is 8.93. The highest BCUT2D eigenvalue weighted by atomic mass is 31.2. The summed E-state index contributed by atoms with van der Waals surface area (Å²) in [6.07, 6.45) is 0. The fourth-order valence-corrected chi connectivity index (χ4v) is 3.21. The lowest BCUT2D eigenvalue weighted by molar-refractivity contribution is 0.275. The van der Waals surface area contributed by atoms with Gasteiger partial charge in [-0.05, 0) is 45.6 Å². The Bertz CT molecular complexity index is 752. The van der Waals surface area contributed by atoms with E-state index in [1.165, 1.54) is 27.8 Å². The highest BCUT2D eigenvalue weighted by Gasteiger charge is 2.17. The minimum atomic E-state index is -4.64. The molecule has 0 saturated carbocycles. The number of hydrogen-bond acceptors (Lipinski definition) is 1. The maximum atomic E-state index is 8.88. The van der Waals surface area contributed by atoms with Crippen molar-refractivity contribution in [1.82, 2.24) is 0 Å². The molecule has 2 aromatic carbocycles. The molecule has 0 aliphatic heterocycles. The van der Waals surface area contributed by atoms with Crippen molar-refractivity contribution < 1.29 is 19.2 Å². The first-order chi connectivity index (χ1) is 11.9. The largest absolute Gasteiger partial charge is 0.466 e. The molecule has 0 amide bonds. The Hall–Kier alpha value is -1.45. The summed E-state index contributed by atoms with van der Waals surface area (Å²) in [5.41, 5.74) is 7.26. The molecule has 0 atom stereocenters. The predicted molar refractivity (Wildman–Crippen MR) is 108 cm³/mol. The molecule has 5 heteroatoms. The zero-order valence-electron chi connectivity index (χ0n) is 16.5. The van der Waals surface area contributed by atoms with E-state index in [9.17, 15) is 0 Å². The monoisotopic (exact) mass is 378 g/mol. The summed E-state index contributed by atoms with van der Waals surface area (Å²) in [5, 5.41) is 0. The Balaban J connectivity index is 0.000000597. The third kappa shape index (κ3) is 6.69. The normalized spacial score (nSPS) is 11.7. The summed E-state index contributed by atoms with van der Waals surface area (Å²) in [5.74, 6) is 1.65. The van der Waals surface area contributed by atoms with E-state index in [-0.39, 0.29) is 0 Å². The smallest absolute Gasteiger partial charge is 0.303 e. The molecule has 0 spiro atoms. The van der Waals surface area contributed by atoms with Crippen LogP contribution in [0.25, 0.3) is 11.1 Å². The van der Waals surface area contributed by atoms with Gasteiger partial charge in [0.2, 0.25) is 0 Å². The van der Waals surface area contributed by atoms with Gasteiger partial charge in [-0.15, -0.1) is 0 Å². The summed E-state index contributed by atoms with van der Waals surface area (Å²) >= 11 is 0. The fraction of sp³-hybridized carbons (Fsp3) is 0.429. The summed E-state index contributed by atoms with van der Waals surface area (Å²) in [6.45, 7) is 13.8. The van der Waals surface area contributed by atoms with Crippen LogP contribution in [0.1, 0.15) is 76.0 Å². The van der Waals surface area contributed by atoms with Gasteiger partial charge in [-0.25, -0.2) is 4.57 Å². The minimum Gasteiger partial charge on any atom is -0.303 e. The number of phosphoric acid groups is 1. The summed E-state index contributed by atoms with van der Waals surface area (Å²) in [7, 11) is -4.64. The molecule has 0 radical (unpaired) electrons. The van der Waals surface area contributed by atoms with Gasteiger partial charge in [0.05, 0.1) is 0 Å². The third-order valence-electron chi connectivity index (χ3n) is 4.21. The quantitative estimate of drug-likeness (QED) is 0.588. The predicted octanol–water partition coefficient (Wildman–Crippen LogP) is 5.80. The van der Waals surface area contributed by atoms with Crippen LogP contribution in [0.5, 0.6) is 0 Å². The van der Waals surface area contributed by atoms with Gasteiger partial charge in [-0.2, -0.15) is 0 Å². The van der Waals surface area contributed by atoms with Crippen molar-refractivity contribution in [3.05, 3.63) is 59.2 Å². The van der Waals surface area contributed by atoms with E-state index in [1.807, 2.05) is 0 Å².